The number of methoxy groups -OCH3 is 4. The minimum absolute atomic E-state index is 0.352. The SMILES string of the molecule is COc1cc(C(C)(C)C)c2op(Oc3c(C)ccc(C)c3-c3c(C)ccc(C)c3Op3oc4c(C(C)(C)C)cc(OC)cc4c4cc(OC)cc(C(C)(C)C)c4o3)oc3c(C(C)(C)C)cc(OC)cc3c2c1. The predicted octanol–water partition coefficient (Wildman–Crippen LogP) is 18.7. The predicted molar refractivity (Wildman–Crippen MR) is 297 cm³/mol. The van der Waals surface area contributed by atoms with Crippen molar-refractivity contribution in [2.45, 2.75) is 132 Å². The summed E-state index contributed by atoms with van der Waals surface area (Å²) in [5.41, 5.74) is 10.4. The minimum atomic E-state index is -2.17. The van der Waals surface area contributed by atoms with E-state index in [0.29, 0.717) is 56.8 Å². The van der Waals surface area contributed by atoms with Crippen molar-refractivity contribution in [1.29, 1.82) is 0 Å². The van der Waals surface area contributed by atoms with Gasteiger partial charge in [0.15, 0.2) is 0 Å². The Hall–Kier alpha value is -6.08. The quantitative estimate of drug-likeness (QED) is 0.139. The van der Waals surface area contributed by atoms with Crippen molar-refractivity contribution in [2.24, 2.45) is 0 Å². The first-order valence-electron chi connectivity index (χ1n) is 24.5. The van der Waals surface area contributed by atoms with E-state index in [1.807, 2.05) is 48.5 Å². The molecule has 12 heteroatoms. The summed E-state index contributed by atoms with van der Waals surface area (Å²) >= 11 is 0. The lowest BCUT2D eigenvalue weighted by Gasteiger charge is -2.21. The van der Waals surface area contributed by atoms with Crippen molar-refractivity contribution in [1.82, 2.24) is 0 Å². The summed E-state index contributed by atoms with van der Waals surface area (Å²) in [5, 5.41) is 3.31. The molecule has 0 unspecified atom stereocenters. The molecule has 2 heterocycles. The van der Waals surface area contributed by atoms with Gasteiger partial charge in [0.2, 0.25) is 0 Å². The van der Waals surface area contributed by atoms with Crippen LogP contribution in [0.25, 0.3) is 55.0 Å². The van der Waals surface area contributed by atoms with Crippen LogP contribution in [0.5, 0.6) is 34.5 Å². The lowest BCUT2D eigenvalue weighted by Crippen LogP contribution is -2.12. The summed E-state index contributed by atoms with van der Waals surface area (Å²) < 4.78 is 67.0. The number of ether oxygens (including phenoxy) is 4. The minimum Gasteiger partial charge on any atom is -0.497 e. The summed E-state index contributed by atoms with van der Waals surface area (Å²) in [6.45, 7) is 34.3. The average molecular weight is 1020 g/mol. The summed E-state index contributed by atoms with van der Waals surface area (Å²) in [4.78, 5) is 0. The van der Waals surface area contributed by atoms with Crippen LogP contribution in [-0.4, -0.2) is 28.4 Å². The van der Waals surface area contributed by atoms with Gasteiger partial charge in [0, 0.05) is 54.9 Å². The Kier molecular flexibility index (Phi) is 13.8. The Bertz CT molecular complexity index is 3100. The van der Waals surface area contributed by atoms with Crippen LogP contribution < -0.4 is 28.0 Å². The van der Waals surface area contributed by atoms with Crippen LogP contribution in [0.4, 0.5) is 0 Å². The second-order valence-corrected chi connectivity index (χ2v) is 25.0. The summed E-state index contributed by atoms with van der Waals surface area (Å²) in [6.07, 6.45) is 0. The Balaban J connectivity index is 1.45. The van der Waals surface area contributed by atoms with E-state index in [0.717, 1.165) is 77.2 Å². The third kappa shape index (κ3) is 9.89. The monoisotopic (exact) mass is 1010 g/mol. The number of rotatable bonds is 9. The van der Waals surface area contributed by atoms with Gasteiger partial charge in [0.05, 0.1) is 28.4 Å². The van der Waals surface area contributed by atoms with Gasteiger partial charge in [-0.1, -0.05) is 107 Å². The van der Waals surface area contributed by atoms with Crippen LogP contribution in [-0.2, 0) is 21.7 Å². The van der Waals surface area contributed by atoms with Gasteiger partial charge >= 0.3 is 16.5 Å². The normalized spacial score (nSPS) is 12.4. The Morgan fingerprint density at radius 3 is 0.764 bits per heavy atom. The van der Waals surface area contributed by atoms with E-state index in [9.17, 15) is 0 Å². The van der Waals surface area contributed by atoms with Crippen molar-refractivity contribution in [3.63, 3.8) is 0 Å². The lowest BCUT2D eigenvalue weighted by molar-refractivity contribution is 0.413. The molecule has 0 N–H and O–H groups in total. The van der Waals surface area contributed by atoms with Gasteiger partial charge in [-0.15, -0.1) is 0 Å². The molecule has 10 nitrogen and oxygen atoms in total. The molecule has 0 bridgehead atoms. The molecule has 0 saturated carbocycles. The first-order valence-corrected chi connectivity index (χ1v) is 26.7. The van der Waals surface area contributed by atoms with E-state index >= 15 is 0 Å². The molecule has 0 aliphatic rings. The number of hydrogen-bond donors (Lipinski definition) is 0. The largest absolute Gasteiger partial charge is 0.497 e. The van der Waals surface area contributed by atoms with E-state index in [-0.39, 0.29) is 21.7 Å². The number of fused-ring (bicyclic) bond motifs is 6. The third-order valence-electron chi connectivity index (χ3n) is 13.4. The Morgan fingerprint density at radius 1 is 0.333 bits per heavy atom. The molecular formula is C60H72O10P2. The molecule has 0 fully saturated rings. The van der Waals surface area contributed by atoms with Crippen LogP contribution in [0.2, 0.25) is 0 Å². The second kappa shape index (κ2) is 19.1. The van der Waals surface area contributed by atoms with Crippen molar-refractivity contribution in [2.75, 3.05) is 28.4 Å². The van der Waals surface area contributed by atoms with Crippen LogP contribution in [0.15, 0.2) is 89.6 Å². The van der Waals surface area contributed by atoms with Crippen molar-refractivity contribution in [3.05, 3.63) is 117 Å². The van der Waals surface area contributed by atoms with Gasteiger partial charge in [-0.2, -0.15) is 0 Å². The molecule has 2 aromatic heterocycles. The van der Waals surface area contributed by atoms with Crippen molar-refractivity contribution in [3.8, 4) is 45.6 Å². The fourth-order valence-corrected chi connectivity index (χ4v) is 11.7. The molecular weight excluding hydrogens is 943 g/mol. The molecule has 6 aromatic carbocycles. The number of hydrogen-bond acceptors (Lipinski definition) is 10. The highest BCUT2D eigenvalue weighted by molar-refractivity contribution is 7.32. The van der Waals surface area contributed by atoms with E-state index < -0.39 is 16.5 Å². The Labute approximate surface area is 427 Å². The van der Waals surface area contributed by atoms with Gasteiger partial charge in [0.25, 0.3) is 0 Å². The molecule has 0 radical (unpaired) electrons. The number of benzene rings is 6. The highest BCUT2D eigenvalue weighted by Crippen LogP contribution is 2.53. The van der Waals surface area contributed by atoms with Crippen molar-refractivity contribution < 1.29 is 44.8 Å². The van der Waals surface area contributed by atoms with Gasteiger partial charge in [-0.25, -0.2) is 0 Å². The van der Waals surface area contributed by atoms with E-state index in [1.54, 1.807) is 28.4 Å². The molecule has 0 saturated heterocycles. The van der Waals surface area contributed by atoms with E-state index in [1.165, 1.54) is 0 Å². The maximum Gasteiger partial charge on any atom is 0.453 e. The molecule has 382 valence electrons. The summed E-state index contributed by atoms with van der Waals surface area (Å²) in [6, 6.07) is 24.6. The standard InChI is InChI=1S/C60H72O10P2/c1-33-21-23-35(3)51(65-71-67-53-41(25-37(61-17)29-45(53)57(5,6)7)42-26-38(62-18)30-46(54(42)68-71)58(8,9)10)49(33)50-34(2)22-24-36(4)52(50)66-72-69-55-43(27-39(63-19)31-47(55)59(11,12)13)44-28-40(64-20)32-48(56(44)70-72)60(14,15)16/h21-32H,1-20H3. The fraction of sp³-hybridized carbons (Fsp3) is 0.400. The first-order chi connectivity index (χ1) is 33.7. The smallest absolute Gasteiger partial charge is 0.453 e. The summed E-state index contributed by atoms with van der Waals surface area (Å²) in [5.74, 6) is 4.04. The van der Waals surface area contributed by atoms with Gasteiger partial charge in [0.1, 0.15) is 56.8 Å². The first kappa shape index (κ1) is 52.2. The lowest BCUT2D eigenvalue weighted by atomic mass is 9.84. The molecule has 0 aliphatic carbocycles. The summed E-state index contributed by atoms with van der Waals surface area (Å²) in [7, 11) is 2.41. The molecule has 72 heavy (non-hydrogen) atoms. The zero-order valence-electron chi connectivity index (χ0n) is 45.9. The molecule has 0 spiro atoms. The average Bonchev–Trinajstić information content (AvgIpc) is 3.56. The van der Waals surface area contributed by atoms with Gasteiger partial charge in [-0.05, 0) is 120 Å². The highest BCUT2D eigenvalue weighted by atomic mass is 31.1. The zero-order chi connectivity index (χ0) is 52.6. The topological polar surface area (TPSA) is 108 Å². The van der Waals surface area contributed by atoms with Crippen molar-refractivity contribution >= 4 is 60.4 Å². The van der Waals surface area contributed by atoms with Crippen LogP contribution in [0.1, 0.15) is 128 Å². The molecule has 0 aliphatic heterocycles. The van der Waals surface area contributed by atoms with Crippen LogP contribution in [0, 0.1) is 27.7 Å². The van der Waals surface area contributed by atoms with E-state index in [2.05, 4.69) is 135 Å². The Morgan fingerprint density at radius 2 is 0.556 bits per heavy atom. The number of aryl methyl sites for hydroxylation is 4. The molecule has 0 atom stereocenters. The van der Waals surface area contributed by atoms with Crippen LogP contribution in [0.3, 0.4) is 0 Å². The second-order valence-electron chi connectivity index (χ2n) is 23.0. The molecule has 0 amide bonds. The van der Waals surface area contributed by atoms with Crippen LogP contribution >= 0.6 is 16.5 Å². The van der Waals surface area contributed by atoms with Gasteiger partial charge in [-0.3, -0.25) is 0 Å². The van der Waals surface area contributed by atoms with E-state index in [4.69, 9.17) is 44.8 Å². The maximum atomic E-state index is 7.32. The molecule has 8 aromatic rings. The fourth-order valence-electron chi connectivity index (χ4n) is 9.29. The van der Waals surface area contributed by atoms with Gasteiger partial charge < -0.3 is 44.8 Å². The highest BCUT2D eigenvalue weighted by Gasteiger charge is 2.31. The zero-order valence-corrected chi connectivity index (χ0v) is 47.7. The third-order valence-corrected chi connectivity index (χ3v) is 15.4. The molecule has 8 rings (SSSR count). The maximum absolute atomic E-state index is 7.32.